The third-order valence-electron chi connectivity index (χ3n) is 2.36. The van der Waals surface area contributed by atoms with Crippen molar-refractivity contribution in [3.8, 4) is 5.75 Å². The summed E-state index contributed by atoms with van der Waals surface area (Å²) in [5, 5.41) is 3.10. The van der Waals surface area contributed by atoms with E-state index in [2.05, 4.69) is 10.3 Å². The highest BCUT2D eigenvalue weighted by molar-refractivity contribution is 6.34. The molecule has 0 radical (unpaired) electrons. The molecule has 0 saturated carbocycles. The summed E-state index contributed by atoms with van der Waals surface area (Å²) in [6.07, 6.45) is 2.97. The number of hydrogen-bond donors (Lipinski definition) is 1. The molecule has 1 amide bonds. The molecule has 0 saturated heterocycles. The van der Waals surface area contributed by atoms with Crippen LogP contribution in [0.2, 0.25) is 5.02 Å². The summed E-state index contributed by atoms with van der Waals surface area (Å²) in [7, 11) is 1.59. The highest BCUT2D eigenvalue weighted by atomic mass is 35.5. The standard InChI is InChI=1S/C13H11ClN2O2/c1-18-10-4-2-9(3-5-10)16-13(17)11-8-15-7-6-12(11)14/h2-8H,1H3,(H,16,17). The smallest absolute Gasteiger partial charge is 0.258 e. The molecule has 5 heteroatoms. The number of nitrogens with one attached hydrogen (secondary N) is 1. The largest absolute Gasteiger partial charge is 0.497 e. The second-order valence-corrected chi connectivity index (χ2v) is 3.95. The fourth-order valence-corrected chi connectivity index (χ4v) is 1.61. The van der Waals surface area contributed by atoms with E-state index >= 15 is 0 Å². The lowest BCUT2D eigenvalue weighted by molar-refractivity contribution is 0.102. The lowest BCUT2D eigenvalue weighted by atomic mass is 10.2. The average Bonchev–Trinajstić information content (AvgIpc) is 2.40. The summed E-state index contributed by atoms with van der Waals surface area (Å²) in [6.45, 7) is 0. The van der Waals surface area contributed by atoms with Crippen LogP contribution >= 0.6 is 11.6 Å². The number of nitrogens with zero attached hydrogens (tertiary/aromatic N) is 1. The predicted molar refractivity (Wildman–Crippen MR) is 70.2 cm³/mol. The molecule has 2 rings (SSSR count). The number of anilines is 1. The van der Waals surface area contributed by atoms with Crippen LogP contribution in [0.25, 0.3) is 0 Å². The van der Waals surface area contributed by atoms with Crippen LogP contribution in [0.4, 0.5) is 5.69 Å². The molecule has 0 bridgehead atoms. The number of benzene rings is 1. The summed E-state index contributed by atoms with van der Waals surface area (Å²) in [5.74, 6) is 0.436. The Morgan fingerprint density at radius 3 is 2.61 bits per heavy atom. The SMILES string of the molecule is COc1ccc(NC(=O)c2cnccc2Cl)cc1. The number of ether oxygens (including phenoxy) is 1. The van der Waals surface area contributed by atoms with Gasteiger partial charge >= 0.3 is 0 Å². The molecule has 92 valence electrons. The molecule has 0 aliphatic heterocycles. The van der Waals surface area contributed by atoms with Gasteiger partial charge in [0.15, 0.2) is 0 Å². The summed E-state index contributed by atoms with van der Waals surface area (Å²) < 4.78 is 5.03. The van der Waals surface area contributed by atoms with Crippen molar-refractivity contribution in [3.05, 3.63) is 53.3 Å². The zero-order valence-electron chi connectivity index (χ0n) is 9.68. The van der Waals surface area contributed by atoms with Crippen molar-refractivity contribution in [2.45, 2.75) is 0 Å². The molecule has 0 unspecified atom stereocenters. The maximum absolute atomic E-state index is 11.9. The first-order chi connectivity index (χ1) is 8.70. The van der Waals surface area contributed by atoms with Gasteiger partial charge in [-0.3, -0.25) is 9.78 Å². The molecule has 1 aromatic heterocycles. The molecule has 2 aromatic rings. The van der Waals surface area contributed by atoms with Gasteiger partial charge in [-0.25, -0.2) is 0 Å². The number of aromatic nitrogens is 1. The fraction of sp³-hybridized carbons (Fsp3) is 0.0769. The van der Waals surface area contributed by atoms with Gasteiger partial charge in [-0.2, -0.15) is 0 Å². The first-order valence-electron chi connectivity index (χ1n) is 5.25. The number of amides is 1. The summed E-state index contributed by atoms with van der Waals surface area (Å²) in [6, 6.07) is 8.60. The van der Waals surface area contributed by atoms with Gasteiger partial charge in [0.1, 0.15) is 5.75 Å². The Balaban J connectivity index is 2.14. The van der Waals surface area contributed by atoms with E-state index in [1.807, 2.05) is 0 Å². The van der Waals surface area contributed by atoms with Gasteiger partial charge in [0.2, 0.25) is 0 Å². The van der Waals surface area contributed by atoms with Crippen LogP contribution in [0.15, 0.2) is 42.7 Å². The van der Waals surface area contributed by atoms with Gasteiger partial charge in [0, 0.05) is 18.1 Å². The van der Waals surface area contributed by atoms with Crippen LogP contribution in [0, 0.1) is 0 Å². The Bertz CT molecular complexity index is 555. The highest BCUT2D eigenvalue weighted by Crippen LogP contribution is 2.18. The molecular weight excluding hydrogens is 252 g/mol. The van der Waals surface area contributed by atoms with Crippen LogP contribution < -0.4 is 10.1 Å². The van der Waals surface area contributed by atoms with Crippen molar-refractivity contribution in [1.82, 2.24) is 4.98 Å². The fourth-order valence-electron chi connectivity index (χ4n) is 1.42. The van der Waals surface area contributed by atoms with E-state index in [1.54, 1.807) is 37.4 Å². The maximum Gasteiger partial charge on any atom is 0.258 e. The van der Waals surface area contributed by atoms with Crippen molar-refractivity contribution in [2.75, 3.05) is 12.4 Å². The summed E-state index contributed by atoms with van der Waals surface area (Å²) in [5.41, 5.74) is 1.01. The molecule has 1 aromatic carbocycles. The van der Waals surface area contributed by atoms with Gasteiger partial charge in [0.25, 0.3) is 5.91 Å². The molecule has 4 nitrogen and oxygen atoms in total. The number of hydrogen-bond acceptors (Lipinski definition) is 3. The number of rotatable bonds is 3. The van der Waals surface area contributed by atoms with Crippen LogP contribution in [-0.4, -0.2) is 18.0 Å². The predicted octanol–water partition coefficient (Wildman–Crippen LogP) is 3.00. The number of carbonyl (C=O) groups excluding carboxylic acids is 1. The Morgan fingerprint density at radius 2 is 2.00 bits per heavy atom. The maximum atomic E-state index is 11.9. The summed E-state index contributed by atoms with van der Waals surface area (Å²) >= 11 is 5.91. The van der Waals surface area contributed by atoms with E-state index < -0.39 is 0 Å². The molecular formula is C13H11ClN2O2. The minimum Gasteiger partial charge on any atom is -0.497 e. The number of halogens is 1. The Kier molecular flexibility index (Phi) is 3.79. The van der Waals surface area contributed by atoms with Crippen LogP contribution in [0.3, 0.4) is 0 Å². The van der Waals surface area contributed by atoms with Crippen LogP contribution in [0.5, 0.6) is 5.75 Å². The zero-order valence-corrected chi connectivity index (χ0v) is 10.4. The van der Waals surface area contributed by atoms with E-state index in [4.69, 9.17) is 16.3 Å². The van der Waals surface area contributed by atoms with Crippen molar-refractivity contribution >= 4 is 23.2 Å². The van der Waals surface area contributed by atoms with Gasteiger partial charge in [0.05, 0.1) is 17.7 Å². The highest BCUT2D eigenvalue weighted by Gasteiger charge is 2.10. The van der Waals surface area contributed by atoms with E-state index in [-0.39, 0.29) is 5.91 Å². The molecule has 0 aliphatic carbocycles. The molecule has 1 heterocycles. The number of carbonyl (C=O) groups is 1. The van der Waals surface area contributed by atoms with E-state index in [0.29, 0.717) is 16.3 Å². The van der Waals surface area contributed by atoms with Crippen LogP contribution in [0.1, 0.15) is 10.4 Å². The van der Waals surface area contributed by atoms with Crippen molar-refractivity contribution in [3.63, 3.8) is 0 Å². The van der Waals surface area contributed by atoms with Gasteiger partial charge < -0.3 is 10.1 Å². The molecule has 1 N–H and O–H groups in total. The monoisotopic (exact) mass is 262 g/mol. The topological polar surface area (TPSA) is 51.2 Å². The number of methoxy groups -OCH3 is 1. The normalized spacial score (nSPS) is 9.89. The summed E-state index contributed by atoms with van der Waals surface area (Å²) in [4.78, 5) is 15.8. The lowest BCUT2D eigenvalue weighted by Gasteiger charge is -2.07. The Labute approximate surface area is 110 Å². The molecule has 0 atom stereocenters. The minimum atomic E-state index is -0.293. The second-order valence-electron chi connectivity index (χ2n) is 3.54. The van der Waals surface area contributed by atoms with Crippen molar-refractivity contribution in [1.29, 1.82) is 0 Å². The minimum absolute atomic E-state index is 0.293. The quantitative estimate of drug-likeness (QED) is 0.925. The lowest BCUT2D eigenvalue weighted by Crippen LogP contribution is -2.12. The van der Waals surface area contributed by atoms with Gasteiger partial charge in [-0.05, 0) is 30.3 Å². The van der Waals surface area contributed by atoms with E-state index in [1.165, 1.54) is 12.4 Å². The molecule has 0 aliphatic rings. The molecule has 18 heavy (non-hydrogen) atoms. The third-order valence-corrected chi connectivity index (χ3v) is 2.69. The van der Waals surface area contributed by atoms with Gasteiger partial charge in [-0.1, -0.05) is 11.6 Å². The Morgan fingerprint density at radius 1 is 1.28 bits per heavy atom. The Hall–Kier alpha value is -2.07. The molecule has 0 fully saturated rings. The second kappa shape index (κ2) is 5.51. The first-order valence-corrected chi connectivity index (χ1v) is 5.63. The number of pyridine rings is 1. The first kappa shape index (κ1) is 12.4. The molecule has 0 spiro atoms. The average molecular weight is 263 g/mol. The van der Waals surface area contributed by atoms with Crippen LogP contribution in [-0.2, 0) is 0 Å². The van der Waals surface area contributed by atoms with Gasteiger partial charge in [-0.15, -0.1) is 0 Å². The third kappa shape index (κ3) is 2.78. The zero-order chi connectivity index (χ0) is 13.0. The van der Waals surface area contributed by atoms with Crippen molar-refractivity contribution < 1.29 is 9.53 Å². The van der Waals surface area contributed by atoms with Crippen molar-refractivity contribution in [2.24, 2.45) is 0 Å². The van der Waals surface area contributed by atoms with E-state index in [0.717, 1.165) is 5.75 Å². The van der Waals surface area contributed by atoms with E-state index in [9.17, 15) is 4.79 Å².